The molecule has 178 valence electrons. The molecule has 1 atom stereocenters. The predicted molar refractivity (Wildman–Crippen MR) is 139 cm³/mol. The molecule has 0 amide bonds. The van der Waals surface area contributed by atoms with Crippen molar-refractivity contribution >= 4 is 16.9 Å². The molecule has 2 aromatic carbocycles. The average molecular weight is 466 g/mol. The Morgan fingerprint density at radius 3 is 2.74 bits per heavy atom. The third kappa shape index (κ3) is 4.96. The van der Waals surface area contributed by atoms with Gasteiger partial charge in [-0.1, -0.05) is 55.0 Å². The highest BCUT2D eigenvalue weighted by Crippen LogP contribution is 2.28. The number of rotatable bonds is 6. The minimum atomic E-state index is -0.169. The van der Waals surface area contributed by atoms with E-state index in [0.717, 1.165) is 54.4 Å². The Hall–Kier alpha value is -3.57. The van der Waals surface area contributed by atoms with E-state index >= 15 is 0 Å². The Balaban J connectivity index is 1.41. The first kappa shape index (κ1) is 23.2. The van der Waals surface area contributed by atoms with E-state index in [2.05, 4.69) is 60.4 Å². The Morgan fingerprint density at radius 1 is 1.06 bits per heavy atom. The van der Waals surface area contributed by atoms with Gasteiger partial charge in [0.05, 0.1) is 18.3 Å². The lowest BCUT2D eigenvalue weighted by Crippen LogP contribution is -2.44. The van der Waals surface area contributed by atoms with Gasteiger partial charge in [-0.15, -0.1) is 0 Å². The molecule has 5 rings (SSSR count). The lowest BCUT2D eigenvalue weighted by molar-refractivity contribution is -0.148. The van der Waals surface area contributed by atoms with Gasteiger partial charge in [0.1, 0.15) is 6.04 Å². The largest absolute Gasteiger partial charge is 0.468 e. The number of carbonyl (C=O) groups excluding carboxylic acids is 1. The van der Waals surface area contributed by atoms with Gasteiger partial charge in [0.2, 0.25) is 0 Å². The van der Waals surface area contributed by atoms with Crippen molar-refractivity contribution in [1.82, 2.24) is 14.9 Å². The van der Waals surface area contributed by atoms with Crippen LogP contribution in [0.15, 0.2) is 73.1 Å². The summed E-state index contributed by atoms with van der Waals surface area (Å²) >= 11 is 0. The first-order valence-electron chi connectivity index (χ1n) is 12.3. The zero-order chi connectivity index (χ0) is 24.2. The normalized spacial score (nSPS) is 16.3. The van der Waals surface area contributed by atoms with Gasteiger partial charge >= 0.3 is 5.97 Å². The SMILES string of the molecule is COC(=O)C1CCCCN1Cc1cnc2c(Cc3cccc(-c4ccccc4)c3C)nccc2c1. The molecule has 0 spiro atoms. The third-order valence-corrected chi connectivity index (χ3v) is 7.09. The predicted octanol–water partition coefficient (Wildman–Crippen LogP) is 5.72. The molecule has 0 N–H and O–H groups in total. The minimum absolute atomic E-state index is 0.141. The molecular weight excluding hydrogens is 434 g/mol. The van der Waals surface area contributed by atoms with Crippen molar-refractivity contribution in [2.75, 3.05) is 13.7 Å². The highest BCUT2D eigenvalue weighted by atomic mass is 16.5. The van der Waals surface area contributed by atoms with Crippen molar-refractivity contribution in [1.29, 1.82) is 0 Å². The maximum Gasteiger partial charge on any atom is 0.323 e. The summed E-state index contributed by atoms with van der Waals surface area (Å²) < 4.78 is 5.04. The number of fused-ring (bicyclic) bond motifs is 1. The van der Waals surface area contributed by atoms with Gasteiger partial charge < -0.3 is 4.74 Å². The first-order valence-corrected chi connectivity index (χ1v) is 12.3. The van der Waals surface area contributed by atoms with E-state index in [9.17, 15) is 4.79 Å². The van der Waals surface area contributed by atoms with Gasteiger partial charge in [-0.05, 0) is 66.3 Å². The van der Waals surface area contributed by atoms with Crippen LogP contribution >= 0.6 is 0 Å². The molecule has 0 radical (unpaired) electrons. The van der Waals surface area contributed by atoms with E-state index in [4.69, 9.17) is 14.7 Å². The lowest BCUT2D eigenvalue weighted by Gasteiger charge is -2.33. The quantitative estimate of drug-likeness (QED) is 0.341. The van der Waals surface area contributed by atoms with Crippen molar-refractivity contribution < 1.29 is 9.53 Å². The molecule has 1 aliphatic heterocycles. The number of carbonyl (C=O) groups is 1. The summed E-state index contributed by atoms with van der Waals surface area (Å²) in [5.41, 5.74) is 8.02. The van der Waals surface area contributed by atoms with Crippen molar-refractivity contribution in [3.05, 3.63) is 95.4 Å². The first-order chi connectivity index (χ1) is 17.1. The minimum Gasteiger partial charge on any atom is -0.468 e. The van der Waals surface area contributed by atoms with Crippen LogP contribution in [0, 0.1) is 6.92 Å². The van der Waals surface area contributed by atoms with Gasteiger partial charge in [0.15, 0.2) is 0 Å². The van der Waals surface area contributed by atoms with E-state index in [1.165, 1.54) is 29.4 Å². The molecule has 0 aliphatic carbocycles. The number of aromatic nitrogens is 2. The molecule has 0 bridgehead atoms. The maximum absolute atomic E-state index is 12.3. The highest BCUT2D eigenvalue weighted by molar-refractivity contribution is 5.81. The lowest BCUT2D eigenvalue weighted by atomic mass is 9.94. The zero-order valence-electron chi connectivity index (χ0n) is 20.4. The second kappa shape index (κ2) is 10.4. The Bertz CT molecular complexity index is 1340. The summed E-state index contributed by atoms with van der Waals surface area (Å²) in [6, 6.07) is 21.0. The number of nitrogens with zero attached hydrogens (tertiary/aromatic N) is 3. The summed E-state index contributed by atoms with van der Waals surface area (Å²) in [5, 5.41) is 1.08. The standard InChI is InChI=1S/C30H31N3O2/c1-21-24(11-8-12-26(21)23-9-4-3-5-10-23)18-27-29-25(14-15-31-27)17-22(19-32-29)20-33-16-7-6-13-28(33)30(34)35-2/h3-5,8-12,14-15,17,19,28H,6-7,13,16,18,20H2,1-2H3. The smallest absolute Gasteiger partial charge is 0.323 e. The van der Waals surface area contributed by atoms with Gasteiger partial charge in [0, 0.05) is 30.7 Å². The molecule has 1 unspecified atom stereocenters. The number of hydrogen-bond acceptors (Lipinski definition) is 5. The molecule has 5 heteroatoms. The second-order valence-electron chi connectivity index (χ2n) is 9.31. The molecule has 4 aromatic rings. The van der Waals surface area contributed by atoms with Crippen LogP contribution in [0.1, 0.15) is 41.6 Å². The third-order valence-electron chi connectivity index (χ3n) is 7.09. The van der Waals surface area contributed by atoms with E-state index in [1.807, 2.05) is 24.5 Å². The monoisotopic (exact) mass is 465 g/mol. The van der Waals surface area contributed by atoms with E-state index in [1.54, 1.807) is 0 Å². The van der Waals surface area contributed by atoms with Crippen LogP contribution in [0.5, 0.6) is 0 Å². The molecule has 1 saturated heterocycles. The number of likely N-dealkylation sites (tertiary alicyclic amines) is 1. The number of piperidine rings is 1. The average Bonchev–Trinajstić information content (AvgIpc) is 2.90. The topological polar surface area (TPSA) is 55.3 Å². The van der Waals surface area contributed by atoms with Gasteiger partial charge in [-0.2, -0.15) is 0 Å². The van der Waals surface area contributed by atoms with Crippen LogP contribution in [-0.2, 0) is 22.5 Å². The van der Waals surface area contributed by atoms with Gasteiger partial charge in [-0.3, -0.25) is 19.7 Å². The highest BCUT2D eigenvalue weighted by Gasteiger charge is 2.29. The van der Waals surface area contributed by atoms with Crippen molar-refractivity contribution in [2.45, 2.75) is 45.2 Å². The van der Waals surface area contributed by atoms with Crippen molar-refractivity contribution in [2.24, 2.45) is 0 Å². The molecular formula is C30H31N3O2. The zero-order valence-corrected chi connectivity index (χ0v) is 20.4. The summed E-state index contributed by atoms with van der Waals surface area (Å²) in [4.78, 5) is 24.0. The number of esters is 1. The molecule has 1 fully saturated rings. The van der Waals surface area contributed by atoms with Crippen LogP contribution < -0.4 is 0 Å². The number of methoxy groups -OCH3 is 1. The van der Waals surface area contributed by atoms with Crippen LogP contribution in [0.3, 0.4) is 0 Å². The van der Waals surface area contributed by atoms with Gasteiger partial charge in [0.25, 0.3) is 0 Å². The van der Waals surface area contributed by atoms with Gasteiger partial charge in [-0.25, -0.2) is 0 Å². The Labute approximate surface area is 206 Å². The molecule has 0 saturated carbocycles. The molecule has 3 heterocycles. The second-order valence-corrected chi connectivity index (χ2v) is 9.31. The Kier molecular flexibility index (Phi) is 6.87. The maximum atomic E-state index is 12.3. The summed E-state index contributed by atoms with van der Waals surface area (Å²) in [6.07, 6.45) is 7.55. The summed E-state index contributed by atoms with van der Waals surface area (Å²) in [7, 11) is 1.47. The fourth-order valence-corrected chi connectivity index (χ4v) is 5.18. The van der Waals surface area contributed by atoms with Crippen LogP contribution in [-0.4, -0.2) is 40.5 Å². The summed E-state index contributed by atoms with van der Waals surface area (Å²) in [6.45, 7) is 3.78. The fourth-order valence-electron chi connectivity index (χ4n) is 5.18. The number of ether oxygens (including phenoxy) is 1. The van der Waals surface area contributed by atoms with Crippen molar-refractivity contribution in [3.63, 3.8) is 0 Å². The molecule has 2 aromatic heterocycles. The van der Waals surface area contributed by atoms with E-state index < -0.39 is 0 Å². The fraction of sp³-hybridized carbons (Fsp3) is 0.300. The van der Waals surface area contributed by atoms with Crippen LogP contribution in [0.4, 0.5) is 0 Å². The molecule has 5 nitrogen and oxygen atoms in total. The summed E-state index contributed by atoms with van der Waals surface area (Å²) in [5.74, 6) is -0.141. The Morgan fingerprint density at radius 2 is 1.91 bits per heavy atom. The van der Waals surface area contributed by atoms with Crippen LogP contribution in [0.25, 0.3) is 22.0 Å². The number of hydrogen-bond donors (Lipinski definition) is 0. The number of pyridine rings is 2. The van der Waals surface area contributed by atoms with Crippen molar-refractivity contribution in [3.8, 4) is 11.1 Å². The molecule has 35 heavy (non-hydrogen) atoms. The van der Waals surface area contributed by atoms with E-state index in [0.29, 0.717) is 6.54 Å². The van der Waals surface area contributed by atoms with E-state index in [-0.39, 0.29) is 12.0 Å². The molecule has 1 aliphatic rings. The van der Waals surface area contributed by atoms with Crippen LogP contribution in [0.2, 0.25) is 0 Å². The number of benzene rings is 2.